The Hall–Kier alpha value is -1.78. The fourth-order valence-corrected chi connectivity index (χ4v) is 1.56. The Balaban J connectivity index is 1.84. The van der Waals surface area contributed by atoms with Gasteiger partial charge in [0, 0.05) is 10.7 Å². The number of anilines is 1. The lowest BCUT2D eigenvalue weighted by atomic mass is 10.3. The van der Waals surface area contributed by atoms with Crippen LogP contribution >= 0.6 is 23.2 Å². The molecule has 0 fully saturated rings. The quantitative estimate of drug-likeness (QED) is 0.880. The van der Waals surface area contributed by atoms with E-state index in [2.05, 4.69) is 10.3 Å². The number of carbonyl (C=O) groups is 1. The number of benzene rings is 1. The molecule has 0 atom stereocenters. The molecule has 98 valence electrons. The van der Waals surface area contributed by atoms with E-state index in [1.807, 2.05) is 0 Å². The zero-order chi connectivity index (χ0) is 13.7. The molecule has 0 saturated heterocycles. The monoisotopic (exact) mass is 296 g/mol. The maximum absolute atomic E-state index is 11.6. The van der Waals surface area contributed by atoms with Gasteiger partial charge < -0.3 is 10.1 Å². The number of amides is 1. The van der Waals surface area contributed by atoms with Gasteiger partial charge >= 0.3 is 0 Å². The molecular weight excluding hydrogens is 287 g/mol. The zero-order valence-electron chi connectivity index (χ0n) is 9.77. The van der Waals surface area contributed by atoms with Crippen molar-refractivity contribution in [2.75, 3.05) is 11.9 Å². The predicted octanol–water partition coefficient (Wildman–Crippen LogP) is 3.41. The molecule has 1 heterocycles. The average molecular weight is 297 g/mol. The van der Waals surface area contributed by atoms with E-state index in [4.69, 9.17) is 27.9 Å². The smallest absolute Gasteiger partial charge is 0.262 e. The highest BCUT2D eigenvalue weighted by Crippen LogP contribution is 2.14. The van der Waals surface area contributed by atoms with Crippen LogP contribution in [0.15, 0.2) is 42.6 Å². The van der Waals surface area contributed by atoms with Gasteiger partial charge in [-0.05, 0) is 36.4 Å². The highest BCUT2D eigenvalue weighted by Gasteiger charge is 2.04. The standard InChI is InChI=1S/C13H10Cl2N2O2/c14-9-1-3-10(4-2-9)17-13(18)8-19-11-5-6-12(15)16-7-11/h1-7H,8H2,(H,17,18). The lowest BCUT2D eigenvalue weighted by Gasteiger charge is -2.07. The highest BCUT2D eigenvalue weighted by molar-refractivity contribution is 6.30. The topological polar surface area (TPSA) is 51.2 Å². The van der Waals surface area contributed by atoms with Crippen LogP contribution < -0.4 is 10.1 Å². The molecule has 0 unspecified atom stereocenters. The molecule has 4 nitrogen and oxygen atoms in total. The third-order valence-electron chi connectivity index (χ3n) is 2.20. The molecule has 0 saturated carbocycles. The van der Waals surface area contributed by atoms with Gasteiger partial charge in [-0.1, -0.05) is 23.2 Å². The number of pyridine rings is 1. The number of halogens is 2. The number of carbonyl (C=O) groups excluding carboxylic acids is 1. The summed E-state index contributed by atoms with van der Waals surface area (Å²) < 4.78 is 5.26. The second-order valence-electron chi connectivity index (χ2n) is 3.66. The Kier molecular flexibility index (Phi) is 4.60. The van der Waals surface area contributed by atoms with Gasteiger partial charge in [-0.15, -0.1) is 0 Å². The van der Waals surface area contributed by atoms with Crippen LogP contribution in [0.25, 0.3) is 0 Å². The van der Waals surface area contributed by atoms with Crippen LogP contribution in [0, 0.1) is 0 Å². The van der Waals surface area contributed by atoms with E-state index in [0.717, 1.165) is 0 Å². The predicted molar refractivity (Wildman–Crippen MR) is 74.8 cm³/mol. The number of ether oxygens (including phenoxy) is 1. The molecule has 2 aromatic rings. The zero-order valence-corrected chi connectivity index (χ0v) is 11.3. The van der Waals surface area contributed by atoms with Gasteiger partial charge in [0.25, 0.3) is 5.91 Å². The van der Waals surface area contributed by atoms with Crippen molar-refractivity contribution in [3.8, 4) is 5.75 Å². The van der Waals surface area contributed by atoms with Crippen molar-refractivity contribution in [2.24, 2.45) is 0 Å². The largest absolute Gasteiger partial charge is 0.482 e. The van der Waals surface area contributed by atoms with Crippen LogP contribution in [0.4, 0.5) is 5.69 Å². The molecule has 1 aromatic heterocycles. The molecule has 19 heavy (non-hydrogen) atoms. The minimum absolute atomic E-state index is 0.105. The van der Waals surface area contributed by atoms with Gasteiger partial charge in [-0.2, -0.15) is 0 Å². The van der Waals surface area contributed by atoms with Gasteiger partial charge in [-0.25, -0.2) is 4.98 Å². The molecule has 0 radical (unpaired) electrons. The summed E-state index contributed by atoms with van der Waals surface area (Å²) in [4.78, 5) is 15.5. The molecule has 0 aliphatic carbocycles. The Bertz CT molecular complexity index is 556. The Morgan fingerprint density at radius 3 is 2.53 bits per heavy atom. The summed E-state index contributed by atoms with van der Waals surface area (Å²) in [5.74, 6) is 0.216. The molecule has 1 aromatic carbocycles. The van der Waals surface area contributed by atoms with Crippen LogP contribution in [0.5, 0.6) is 5.75 Å². The first kappa shape index (κ1) is 13.6. The Labute approximate surface area is 120 Å². The second-order valence-corrected chi connectivity index (χ2v) is 4.48. The highest BCUT2D eigenvalue weighted by atomic mass is 35.5. The van der Waals surface area contributed by atoms with Gasteiger partial charge in [0.15, 0.2) is 6.61 Å². The first-order valence-corrected chi connectivity index (χ1v) is 6.19. The van der Waals surface area contributed by atoms with Crippen molar-refractivity contribution in [3.05, 3.63) is 52.8 Å². The van der Waals surface area contributed by atoms with Crippen LogP contribution in [-0.4, -0.2) is 17.5 Å². The molecule has 2 rings (SSSR count). The van der Waals surface area contributed by atoms with Gasteiger partial charge in [0.2, 0.25) is 0 Å². The van der Waals surface area contributed by atoms with E-state index in [9.17, 15) is 4.79 Å². The summed E-state index contributed by atoms with van der Waals surface area (Å²) in [6.07, 6.45) is 1.46. The summed E-state index contributed by atoms with van der Waals surface area (Å²) in [7, 11) is 0. The first-order chi connectivity index (χ1) is 9.13. The van der Waals surface area contributed by atoms with Crippen LogP contribution in [0.1, 0.15) is 0 Å². The van der Waals surface area contributed by atoms with Crippen molar-refractivity contribution in [1.29, 1.82) is 0 Å². The Morgan fingerprint density at radius 2 is 1.89 bits per heavy atom. The Morgan fingerprint density at radius 1 is 1.16 bits per heavy atom. The maximum Gasteiger partial charge on any atom is 0.262 e. The normalized spacial score (nSPS) is 10.0. The molecule has 0 spiro atoms. The maximum atomic E-state index is 11.6. The summed E-state index contributed by atoms with van der Waals surface area (Å²) in [5, 5.41) is 3.67. The lowest BCUT2D eigenvalue weighted by molar-refractivity contribution is -0.118. The average Bonchev–Trinajstić information content (AvgIpc) is 2.41. The van der Waals surface area contributed by atoms with Crippen molar-refractivity contribution >= 4 is 34.8 Å². The van der Waals surface area contributed by atoms with Crippen molar-refractivity contribution in [2.45, 2.75) is 0 Å². The van der Waals surface area contributed by atoms with Crippen LogP contribution in [-0.2, 0) is 4.79 Å². The van der Waals surface area contributed by atoms with Crippen LogP contribution in [0.2, 0.25) is 10.2 Å². The number of hydrogen-bond donors (Lipinski definition) is 1. The molecule has 1 N–H and O–H groups in total. The number of hydrogen-bond acceptors (Lipinski definition) is 3. The molecule has 0 bridgehead atoms. The third kappa shape index (κ3) is 4.43. The van der Waals surface area contributed by atoms with E-state index in [0.29, 0.717) is 21.6 Å². The van der Waals surface area contributed by atoms with Gasteiger partial charge in [0.05, 0.1) is 6.20 Å². The molecular formula is C13H10Cl2N2O2. The second kappa shape index (κ2) is 6.41. The van der Waals surface area contributed by atoms with E-state index in [1.54, 1.807) is 36.4 Å². The van der Waals surface area contributed by atoms with Crippen molar-refractivity contribution in [1.82, 2.24) is 4.98 Å². The summed E-state index contributed by atoms with van der Waals surface area (Å²) in [6.45, 7) is -0.105. The van der Waals surface area contributed by atoms with Crippen molar-refractivity contribution < 1.29 is 9.53 Å². The minimum Gasteiger partial charge on any atom is -0.482 e. The van der Waals surface area contributed by atoms with E-state index >= 15 is 0 Å². The molecule has 1 amide bonds. The fourth-order valence-electron chi connectivity index (χ4n) is 1.33. The SMILES string of the molecule is O=C(COc1ccc(Cl)nc1)Nc1ccc(Cl)cc1. The van der Waals surface area contributed by atoms with E-state index < -0.39 is 0 Å². The van der Waals surface area contributed by atoms with Crippen LogP contribution in [0.3, 0.4) is 0 Å². The lowest BCUT2D eigenvalue weighted by Crippen LogP contribution is -2.20. The van der Waals surface area contributed by atoms with E-state index in [1.165, 1.54) is 6.20 Å². The summed E-state index contributed by atoms with van der Waals surface area (Å²) >= 11 is 11.4. The van der Waals surface area contributed by atoms with Gasteiger partial charge in [-0.3, -0.25) is 4.79 Å². The molecule has 0 aliphatic rings. The summed E-state index contributed by atoms with van der Waals surface area (Å²) in [5.41, 5.74) is 0.659. The fraction of sp³-hybridized carbons (Fsp3) is 0.0769. The molecule has 6 heteroatoms. The minimum atomic E-state index is -0.266. The number of rotatable bonds is 4. The number of nitrogens with one attached hydrogen (secondary N) is 1. The van der Waals surface area contributed by atoms with E-state index in [-0.39, 0.29) is 12.5 Å². The number of aromatic nitrogens is 1. The van der Waals surface area contributed by atoms with Crippen molar-refractivity contribution in [3.63, 3.8) is 0 Å². The summed E-state index contributed by atoms with van der Waals surface area (Å²) in [6, 6.07) is 10.1. The number of nitrogens with zero attached hydrogens (tertiary/aromatic N) is 1. The molecule has 0 aliphatic heterocycles. The first-order valence-electron chi connectivity index (χ1n) is 5.43. The van der Waals surface area contributed by atoms with Gasteiger partial charge in [0.1, 0.15) is 10.9 Å². The third-order valence-corrected chi connectivity index (χ3v) is 2.67.